The predicted octanol–water partition coefficient (Wildman–Crippen LogP) is 20.2. The topological polar surface area (TPSA) is 282 Å². The lowest BCUT2D eigenvalue weighted by atomic mass is 9.96. The summed E-state index contributed by atoms with van der Waals surface area (Å²) in [5.74, 6) is 11.3. The van der Waals surface area contributed by atoms with Gasteiger partial charge in [0, 0.05) is 70.7 Å². The Labute approximate surface area is 697 Å². The summed E-state index contributed by atoms with van der Waals surface area (Å²) < 4.78 is 110. The first-order valence-corrected chi connectivity index (χ1v) is 37.8. The zero-order valence-electron chi connectivity index (χ0n) is 69.4. The molecule has 14 aromatic rings. The molecule has 622 valence electrons. The van der Waals surface area contributed by atoms with E-state index in [0.29, 0.717) is 114 Å². The standard InChI is InChI=1S/C26H24O6S.C25H23NO6.C25H24O7.C18H20O5/c1-28-17-8-6-15(7-9-17)26-23(19-11-10-18(29-2)14-22(19)33-26)24(27)16-12-20(30-3)25(32-5)21(13-16)31-4;1-27-16-6-7-18-17(12-16)23(15-10-21(28-2)25(30-4)22(11-15)29-3)24(26-18)14-5-8-19-20(9-14)32-13-31-19;1-13-8-16-20(12-17(13)26)32-24(14-6-7-19(28-2)18(27)9-14)23(16)15-10-21(29-3)25(31-5)22(11-15)30-4;1-20-15-8-7-12(9-14(15)19)5-6-13-10-16(21-2)18(23-4)17(11-13)22-3/h6-14H,1-5H3;5-12,26H,13H2,1-4H3;6-12,26-27H,1-5H3;5-11,19H,1-4H3/b;;;6-5-. The number of ketones is 1. The van der Waals surface area contributed by atoms with Gasteiger partial charge in [-0.2, -0.15) is 0 Å². The molecule has 0 radical (unpaired) electrons. The molecule has 0 fully saturated rings. The van der Waals surface area contributed by atoms with E-state index in [4.69, 9.17) is 94.4 Å². The van der Waals surface area contributed by atoms with E-state index in [1.54, 1.807) is 145 Å². The average Bonchev–Trinajstić information content (AvgIpc) is 1.60. The van der Waals surface area contributed by atoms with Crippen molar-refractivity contribution in [3.63, 3.8) is 0 Å². The Morgan fingerprint density at radius 3 is 1.36 bits per heavy atom. The normalized spacial score (nSPS) is 11.1. The molecule has 0 unspecified atom stereocenters. The number of methoxy groups -OCH3 is 17. The smallest absolute Gasteiger partial charge is 0.231 e. The van der Waals surface area contributed by atoms with Gasteiger partial charge in [0.05, 0.1) is 127 Å². The van der Waals surface area contributed by atoms with Crippen molar-refractivity contribution in [1.29, 1.82) is 0 Å². The molecular formula is C94H91NO24S. The summed E-state index contributed by atoms with van der Waals surface area (Å²) in [5.41, 5.74) is 11.8. The maximum absolute atomic E-state index is 13.9. The zero-order valence-corrected chi connectivity index (χ0v) is 70.2. The molecule has 0 bridgehead atoms. The van der Waals surface area contributed by atoms with Crippen molar-refractivity contribution in [2.75, 3.05) is 128 Å². The molecule has 0 spiro atoms. The number of hydrogen-bond donors (Lipinski definition) is 4. The van der Waals surface area contributed by atoms with E-state index in [2.05, 4.69) is 4.98 Å². The SMILES string of the molecule is COc1ccc(-c2oc3cc(O)c(C)cc3c2-c2cc(OC)c(OC)c(OC)c2)cc1O.COc1ccc(-c2sc3cc(OC)ccc3c2C(=O)c2cc(OC)c(OC)c(OC)c2)cc1.COc1ccc(/C=C\c2cc(OC)c(OC)c(OC)c2)cc1O.COc1ccc2[nH]c(-c3ccc4c(c3)OCO4)c(-c3cc(OC)c(OC)c(OC)c3)c2c1. The van der Waals surface area contributed by atoms with Gasteiger partial charge in [0.15, 0.2) is 86.3 Å². The lowest BCUT2D eigenvalue weighted by Crippen LogP contribution is -2.05. The Balaban J connectivity index is 0.000000148. The monoisotopic (exact) mass is 1650 g/mol. The number of aromatic nitrogens is 1. The molecule has 1 aliphatic heterocycles. The molecule has 120 heavy (non-hydrogen) atoms. The van der Waals surface area contributed by atoms with Crippen LogP contribution in [-0.2, 0) is 0 Å². The highest BCUT2D eigenvalue weighted by Crippen LogP contribution is 2.52. The summed E-state index contributed by atoms with van der Waals surface area (Å²) in [4.78, 5) is 18.3. The highest BCUT2D eigenvalue weighted by molar-refractivity contribution is 7.22. The number of furan rings is 1. The van der Waals surface area contributed by atoms with Crippen LogP contribution < -0.4 is 90.0 Å². The van der Waals surface area contributed by atoms with Crippen LogP contribution in [0.2, 0.25) is 0 Å². The molecule has 0 saturated carbocycles. The van der Waals surface area contributed by atoms with E-state index in [-0.39, 0.29) is 29.8 Å². The number of carbonyl (C=O) groups is 1. The van der Waals surface area contributed by atoms with E-state index >= 15 is 0 Å². The molecule has 4 N–H and O–H groups in total. The Morgan fingerprint density at radius 1 is 0.367 bits per heavy atom. The van der Waals surface area contributed by atoms with Crippen molar-refractivity contribution in [1.82, 2.24) is 4.98 Å². The molecule has 26 heteroatoms. The van der Waals surface area contributed by atoms with Crippen LogP contribution >= 0.6 is 11.3 Å². The van der Waals surface area contributed by atoms with Gasteiger partial charge in [0.25, 0.3) is 0 Å². The van der Waals surface area contributed by atoms with Gasteiger partial charge in [0.2, 0.25) is 29.8 Å². The lowest BCUT2D eigenvalue weighted by molar-refractivity contribution is 0.104. The molecule has 0 amide bonds. The van der Waals surface area contributed by atoms with Gasteiger partial charge in [-0.25, -0.2) is 0 Å². The fraction of sp³-hybridized carbons (Fsp3) is 0.202. The highest BCUT2D eigenvalue weighted by atomic mass is 32.1. The number of aromatic amines is 1. The van der Waals surface area contributed by atoms with Crippen LogP contribution in [0, 0.1) is 6.92 Å². The first-order chi connectivity index (χ1) is 58.2. The Morgan fingerprint density at radius 2 is 0.833 bits per heavy atom. The number of aromatic hydroxyl groups is 3. The van der Waals surface area contributed by atoms with Gasteiger partial charge in [-0.15, -0.1) is 11.3 Å². The second kappa shape index (κ2) is 38.0. The zero-order chi connectivity index (χ0) is 85.6. The third-order valence-corrected chi connectivity index (χ3v) is 21.0. The lowest BCUT2D eigenvalue weighted by Gasteiger charge is -2.15. The minimum Gasteiger partial charge on any atom is -0.508 e. The maximum atomic E-state index is 13.9. The first kappa shape index (κ1) is 84.9. The number of H-pyrrole nitrogens is 1. The van der Waals surface area contributed by atoms with Crippen molar-refractivity contribution in [2.45, 2.75) is 6.92 Å². The number of benzene rings is 11. The number of hydrogen-bond acceptors (Lipinski definition) is 25. The molecular weight excluding hydrogens is 1560 g/mol. The summed E-state index contributed by atoms with van der Waals surface area (Å²) in [6, 6.07) is 53.5. The number of phenols is 3. The fourth-order valence-corrected chi connectivity index (χ4v) is 15.0. The molecule has 3 aromatic heterocycles. The summed E-state index contributed by atoms with van der Waals surface area (Å²) in [7, 11) is 26.7. The Bertz CT molecular complexity index is 5980. The largest absolute Gasteiger partial charge is 0.508 e. The molecule has 11 aromatic carbocycles. The van der Waals surface area contributed by atoms with Crippen LogP contribution in [0.25, 0.3) is 99.4 Å². The Kier molecular flexibility index (Phi) is 26.9. The third kappa shape index (κ3) is 17.5. The molecule has 0 aliphatic carbocycles. The number of fused-ring (bicyclic) bond motifs is 4. The van der Waals surface area contributed by atoms with Crippen LogP contribution in [0.3, 0.4) is 0 Å². The van der Waals surface area contributed by atoms with Gasteiger partial charge in [-0.05, 0) is 204 Å². The molecule has 0 saturated heterocycles. The maximum Gasteiger partial charge on any atom is 0.231 e. The van der Waals surface area contributed by atoms with Gasteiger partial charge in [0.1, 0.15) is 34.3 Å². The van der Waals surface area contributed by atoms with Crippen LogP contribution in [0.5, 0.6) is 126 Å². The number of phenolic OH excluding ortho intramolecular Hbond substituents is 3. The van der Waals surface area contributed by atoms with Crippen molar-refractivity contribution >= 4 is 61.2 Å². The first-order valence-electron chi connectivity index (χ1n) is 37.0. The summed E-state index contributed by atoms with van der Waals surface area (Å²) in [5, 5.41) is 33.0. The van der Waals surface area contributed by atoms with Gasteiger partial charge in [-0.1, -0.05) is 18.2 Å². The molecule has 4 heterocycles. The quantitative estimate of drug-likeness (QED) is 0.0289. The fourth-order valence-electron chi connectivity index (χ4n) is 13.8. The minimum absolute atomic E-state index is 0.0136. The van der Waals surface area contributed by atoms with Gasteiger partial charge >= 0.3 is 0 Å². The predicted molar refractivity (Wildman–Crippen MR) is 462 cm³/mol. The number of nitrogens with one attached hydrogen (secondary N) is 1. The Hall–Kier alpha value is -14.5. The number of rotatable bonds is 26. The van der Waals surface area contributed by atoms with Crippen molar-refractivity contribution in [2.24, 2.45) is 0 Å². The van der Waals surface area contributed by atoms with Crippen LogP contribution in [0.15, 0.2) is 180 Å². The van der Waals surface area contributed by atoms with Crippen LogP contribution in [0.4, 0.5) is 0 Å². The molecule has 25 nitrogen and oxygen atoms in total. The van der Waals surface area contributed by atoms with E-state index in [0.717, 1.165) is 110 Å². The second-order valence-electron chi connectivity index (χ2n) is 26.4. The highest BCUT2D eigenvalue weighted by Gasteiger charge is 2.29. The summed E-state index contributed by atoms with van der Waals surface area (Å²) in [6.45, 7) is 2.04. The number of aryl methyl sites for hydroxylation is 1. The van der Waals surface area contributed by atoms with Crippen LogP contribution in [-0.4, -0.2) is 154 Å². The van der Waals surface area contributed by atoms with E-state index < -0.39 is 0 Å². The van der Waals surface area contributed by atoms with Crippen molar-refractivity contribution < 1.29 is 115 Å². The minimum atomic E-state index is -0.142. The number of carbonyl (C=O) groups excluding carboxylic acids is 1. The molecule has 1 aliphatic rings. The number of ether oxygens (including phenoxy) is 19. The second-order valence-corrected chi connectivity index (χ2v) is 27.4. The van der Waals surface area contributed by atoms with Gasteiger partial charge < -0.3 is 115 Å². The van der Waals surface area contributed by atoms with Crippen molar-refractivity contribution in [3.05, 3.63) is 204 Å². The van der Waals surface area contributed by atoms with Crippen LogP contribution in [0.1, 0.15) is 32.6 Å². The van der Waals surface area contributed by atoms with E-state index in [1.165, 1.54) is 35.5 Å². The third-order valence-electron chi connectivity index (χ3n) is 19.8. The molecule has 0 atom stereocenters. The summed E-state index contributed by atoms with van der Waals surface area (Å²) >= 11 is 1.54. The molecule has 15 rings (SSSR count). The van der Waals surface area contributed by atoms with E-state index in [9.17, 15) is 20.1 Å². The van der Waals surface area contributed by atoms with Crippen molar-refractivity contribution in [3.8, 4) is 182 Å². The number of thiophene rings is 1. The summed E-state index contributed by atoms with van der Waals surface area (Å²) in [6.07, 6.45) is 3.77. The van der Waals surface area contributed by atoms with E-state index in [1.807, 2.05) is 146 Å². The average molecular weight is 1650 g/mol. The van der Waals surface area contributed by atoms with Gasteiger partial charge in [-0.3, -0.25) is 4.79 Å².